The topological polar surface area (TPSA) is 112 Å². The summed E-state index contributed by atoms with van der Waals surface area (Å²) in [6.45, 7) is 3.30. The number of nitrogens with zero attached hydrogens (tertiary/aromatic N) is 4. The van der Waals surface area contributed by atoms with Crippen LogP contribution in [0, 0.1) is 0 Å². The van der Waals surface area contributed by atoms with Crippen molar-refractivity contribution in [3.63, 3.8) is 0 Å². The van der Waals surface area contributed by atoms with E-state index >= 15 is 0 Å². The molecular formula is C30H31N7O3S. The van der Waals surface area contributed by atoms with Crippen LogP contribution in [0.2, 0.25) is 0 Å². The summed E-state index contributed by atoms with van der Waals surface area (Å²) < 4.78 is 5.74. The zero-order chi connectivity index (χ0) is 28.0. The molecule has 7 heterocycles. The minimum absolute atomic E-state index is 0.0629. The van der Waals surface area contributed by atoms with E-state index in [1.54, 1.807) is 23.5 Å². The number of hydrogen-bond donors (Lipinski definition) is 3. The van der Waals surface area contributed by atoms with Gasteiger partial charge in [0.05, 0.1) is 0 Å². The zero-order valence-corrected chi connectivity index (χ0v) is 23.3. The molecule has 1 fully saturated rings. The van der Waals surface area contributed by atoms with E-state index in [9.17, 15) is 9.59 Å². The SMILES string of the molecule is O=C1COc2ccc(cc2)Nc2cc(ncn2)Nc2cccc(c2)CN2CCN(CC2)C(=O)C(Cc2ccsc2)N1. The van der Waals surface area contributed by atoms with Gasteiger partial charge >= 0.3 is 0 Å². The number of amides is 2. The number of thiophene rings is 1. The Bertz CT molecular complexity index is 1490. The first kappa shape index (κ1) is 26.7. The Hall–Kier alpha value is -4.48. The molecule has 11 heteroatoms. The molecule has 8 bridgehead atoms. The Morgan fingerprint density at radius 2 is 1.68 bits per heavy atom. The lowest BCUT2D eigenvalue weighted by Gasteiger charge is -2.36. The van der Waals surface area contributed by atoms with Crippen molar-refractivity contribution in [2.75, 3.05) is 43.4 Å². The van der Waals surface area contributed by atoms with Gasteiger partial charge in [-0.1, -0.05) is 12.1 Å². The third kappa shape index (κ3) is 7.00. The minimum atomic E-state index is -0.653. The van der Waals surface area contributed by atoms with Crippen LogP contribution in [0.5, 0.6) is 5.75 Å². The van der Waals surface area contributed by atoms with E-state index in [0.29, 0.717) is 36.9 Å². The van der Waals surface area contributed by atoms with E-state index in [0.717, 1.165) is 36.6 Å². The molecule has 10 nitrogen and oxygen atoms in total. The quantitative estimate of drug-likeness (QED) is 0.335. The maximum atomic E-state index is 13.6. The van der Waals surface area contributed by atoms with Gasteiger partial charge in [-0.3, -0.25) is 14.5 Å². The number of piperazine rings is 1. The van der Waals surface area contributed by atoms with E-state index < -0.39 is 6.04 Å². The number of nitrogens with one attached hydrogen (secondary N) is 3. The van der Waals surface area contributed by atoms with Crippen LogP contribution in [-0.4, -0.2) is 70.4 Å². The van der Waals surface area contributed by atoms with E-state index in [1.165, 1.54) is 11.9 Å². The van der Waals surface area contributed by atoms with Crippen LogP contribution in [0.25, 0.3) is 0 Å². The molecule has 0 aliphatic carbocycles. The fraction of sp³-hybridized carbons (Fsp3) is 0.267. The second-order valence-electron chi connectivity index (χ2n) is 10.1. The number of ether oxygens (including phenoxy) is 1. The molecule has 2 aromatic carbocycles. The monoisotopic (exact) mass is 569 g/mol. The van der Waals surface area contributed by atoms with Crippen LogP contribution >= 0.6 is 11.3 Å². The summed E-state index contributed by atoms with van der Waals surface area (Å²) >= 11 is 1.58. The van der Waals surface area contributed by atoms with Crippen molar-refractivity contribution in [2.45, 2.75) is 19.0 Å². The average molecular weight is 570 g/mol. The molecule has 1 atom stereocenters. The van der Waals surface area contributed by atoms with Crippen molar-refractivity contribution in [2.24, 2.45) is 0 Å². The van der Waals surface area contributed by atoms with Crippen molar-refractivity contribution < 1.29 is 14.3 Å². The molecule has 1 unspecified atom stereocenters. The van der Waals surface area contributed by atoms with E-state index in [4.69, 9.17) is 4.74 Å². The third-order valence-corrected chi connectivity index (χ3v) is 7.84. The summed E-state index contributed by atoms with van der Waals surface area (Å²) in [5.41, 5.74) is 3.94. The van der Waals surface area contributed by atoms with Crippen molar-refractivity contribution in [3.8, 4) is 5.75 Å². The fourth-order valence-corrected chi connectivity index (χ4v) is 5.69. The van der Waals surface area contributed by atoms with Crippen LogP contribution in [0.3, 0.4) is 0 Å². The lowest BCUT2D eigenvalue weighted by atomic mass is 10.1. The number of carbonyl (C=O) groups is 2. The maximum Gasteiger partial charge on any atom is 0.258 e. The lowest BCUT2D eigenvalue weighted by molar-refractivity contribution is -0.138. The van der Waals surface area contributed by atoms with Gasteiger partial charge in [0.2, 0.25) is 5.91 Å². The predicted molar refractivity (Wildman–Crippen MR) is 159 cm³/mol. The van der Waals surface area contributed by atoms with Crippen molar-refractivity contribution in [1.82, 2.24) is 25.1 Å². The van der Waals surface area contributed by atoms with Gasteiger partial charge in [0.25, 0.3) is 5.91 Å². The number of aromatic nitrogens is 2. The van der Waals surface area contributed by atoms with Crippen LogP contribution in [0.1, 0.15) is 11.1 Å². The smallest absolute Gasteiger partial charge is 0.258 e. The Kier molecular flexibility index (Phi) is 8.06. The number of anilines is 4. The van der Waals surface area contributed by atoms with Gasteiger partial charge in [-0.2, -0.15) is 11.3 Å². The Morgan fingerprint density at radius 3 is 2.44 bits per heavy atom. The second kappa shape index (κ2) is 12.4. The normalized spacial score (nSPS) is 19.6. The standard InChI is InChI=1S/C30H31N7O3S/c38-29-18-40-25-6-4-23(5-7-25)33-27-16-28(32-20-31-27)34-24-3-1-2-21(14-24)17-36-9-11-37(12-10-36)30(39)26(35-29)15-22-8-13-41-19-22/h1-8,13-14,16,19-20,26H,9-12,15,17-18H2,(H,35,38)(H2,31,32,33,34). The zero-order valence-electron chi connectivity index (χ0n) is 22.5. The van der Waals surface area contributed by atoms with Gasteiger partial charge in [-0.25, -0.2) is 9.97 Å². The summed E-state index contributed by atoms with van der Waals surface area (Å²) in [5.74, 6) is 1.47. The van der Waals surface area contributed by atoms with E-state index in [1.807, 2.05) is 52.1 Å². The molecular weight excluding hydrogens is 538 g/mol. The fourth-order valence-electron chi connectivity index (χ4n) is 5.01. The van der Waals surface area contributed by atoms with Crippen molar-refractivity contribution in [1.29, 1.82) is 0 Å². The third-order valence-electron chi connectivity index (χ3n) is 7.11. The largest absolute Gasteiger partial charge is 0.484 e. The molecule has 5 aliphatic heterocycles. The summed E-state index contributed by atoms with van der Waals surface area (Å²) in [5, 5.41) is 13.6. The highest BCUT2D eigenvalue weighted by Crippen LogP contribution is 2.23. The number of rotatable bonds is 2. The molecule has 1 saturated heterocycles. The Morgan fingerprint density at radius 1 is 0.902 bits per heavy atom. The number of carbonyl (C=O) groups excluding carboxylic acids is 2. The number of hydrogen-bond acceptors (Lipinski definition) is 9. The molecule has 0 radical (unpaired) electrons. The van der Waals surface area contributed by atoms with Gasteiger partial charge in [0, 0.05) is 56.6 Å². The Balaban J connectivity index is 1.24. The molecule has 0 saturated carbocycles. The van der Waals surface area contributed by atoms with Crippen LogP contribution < -0.4 is 20.7 Å². The minimum Gasteiger partial charge on any atom is -0.484 e. The summed E-state index contributed by atoms with van der Waals surface area (Å²) in [4.78, 5) is 39.4. The first-order valence-corrected chi connectivity index (χ1v) is 14.5. The predicted octanol–water partition coefficient (Wildman–Crippen LogP) is 3.79. The van der Waals surface area contributed by atoms with Crippen LogP contribution in [0.4, 0.5) is 23.0 Å². The molecule has 0 spiro atoms. The maximum absolute atomic E-state index is 13.6. The molecule has 2 aromatic heterocycles. The number of benzene rings is 2. The van der Waals surface area contributed by atoms with Crippen molar-refractivity contribution >= 4 is 46.2 Å². The molecule has 4 aromatic rings. The Labute approximate surface area is 242 Å². The highest BCUT2D eigenvalue weighted by Gasteiger charge is 2.29. The molecule has 210 valence electrons. The highest BCUT2D eigenvalue weighted by molar-refractivity contribution is 7.07. The van der Waals surface area contributed by atoms with Crippen LogP contribution in [-0.2, 0) is 22.6 Å². The summed E-state index contributed by atoms with van der Waals surface area (Å²) in [7, 11) is 0. The van der Waals surface area contributed by atoms with Gasteiger partial charge in [-0.15, -0.1) is 0 Å². The second-order valence-corrected chi connectivity index (χ2v) is 10.9. The molecule has 5 aliphatic rings. The van der Waals surface area contributed by atoms with E-state index in [-0.39, 0.29) is 18.4 Å². The summed E-state index contributed by atoms with van der Waals surface area (Å²) in [6, 6.07) is 18.7. The van der Waals surface area contributed by atoms with Crippen molar-refractivity contribution in [3.05, 3.63) is 88.9 Å². The van der Waals surface area contributed by atoms with Gasteiger partial charge in [0.1, 0.15) is 29.8 Å². The lowest BCUT2D eigenvalue weighted by Crippen LogP contribution is -2.55. The van der Waals surface area contributed by atoms with E-state index in [2.05, 4.69) is 43.0 Å². The molecule has 3 N–H and O–H groups in total. The summed E-state index contributed by atoms with van der Waals surface area (Å²) in [6.07, 6.45) is 1.95. The van der Waals surface area contributed by atoms with Gasteiger partial charge in [-0.05, 0) is 64.4 Å². The average Bonchev–Trinajstić information content (AvgIpc) is 3.50. The van der Waals surface area contributed by atoms with Gasteiger partial charge in [0.15, 0.2) is 6.61 Å². The first-order chi connectivity index (χ1) is 20.1. The van der Waals surface area contributed by atoms with Gasteiger partial charge < -0.3 is 25.6 Å². The highest BCUT2D eigenvalue weighted by atomic mass is 32.1. The molecule has 9 rings (SSSR count). The van der Waals surface area contributed by atoms with Crippen LogP contribution in [0.15, 0.2) is 77.8 Å². The molecule has 41 heavy (non-hydrogen) atoms. The first-order valence-electron chi connectivity index (χ1n) is 13.6. The molecule has 2 amide bonds.